The van der Waals surface area contributed by atoms with Crippen LogP contribution in [0.25, 0.3) is 0 Å². The molecule has 6 heteroatoms. The minimum absolute atomic E-state index is 0.506. The third-order valence-electron chi connectivity index (χ3n) is 4.55. The first-order chi connectivity index (χ1) is 11.8. The fourth-order valence-electron chi connectivity index (χ4n) is 2.96. The summed E-state index contributed by atoms with van der Waals surface area (Å²) in [5.41, 5.74) is 0. The molecule has 0 bridgehead atoms. The van der Waals surface area contributed by atoms with E-state index < -0.39 is 0 Å². The van der Waals surface area contributed by atoms with Crippen LogP contribution in [-0.4, -0.2) is 51.4 Å². The van der Waals surface area contributed by atoms with E-state index in [2.05, 4.69) is 45.0 Å². The van der Waals surface area contributed by atoms with E-state index in [-0.39, 0.29) is 0 Å². The van der Waals surface area contributed by atoms with Gasteiger partial charge in [0, 0.05) is 32.3 Å². The van der Waals surface area contributed by atoms with Crippen LogP contribution in [0.3, 0.4) is 0 Å². The molecule has 3 rings (SSSR count). The lowest BCUT2D eigenvalue weighted by Gasteiger charge is -2.33. The summed E-state index contributed by atoms with van der Waals surface area (Å²) in [4.78, 5) is 7.14. The maximum atomic E-state index is 5.66. The van der Waals surface area contributed by atoms with E-state index in [9.17, 15) is 0 Å². The molecule has 2 fully saturated rings. The molecule has 0 aromatic carbocycles. The molecular weight excluding hydrogens is 320 g/mol. The van der Waals surface area contributed by atoms with Gasteiger partial charge in [-0.05, 0) is 56.0 Å². The molecular formula is C18H30N4OS. The molecule has 1 aromatic heterocycles. The first-order valence-electron chi connectivity index (χ1n) is 9.26. The number of anilines is 1. The van der Waals surface area contributed by atoms with Gasteiger partial charge in [-0.25, -0.2) is 0 Å². The zero-order valence-corrected chi connectivity index (χ0v) is 15.5. The fourth-order valence-corrected chi connectivity index (χ4v) is 3.75. The van der Waals surface area contributed by atoms with E-state index in [1.165, 1.54) is 17.8 Å². The summed E-state index contributed by atoms with van der Waals surface area (Å²) >= 11 is 1.83. The lowest BCUT2D eigenvalue weighted by Crippen LogP contribution is -2.48. The van der Waals surface area contributed by atoms with Crippen molar-refractivity contribution in [3.05, 3.63) is 17.5 Å². The largest absolute Gasteiger partial charge is 0.379 e. The van der Waals surface area contributed by atoms with Crippen LogP contribution < -0.4 is 15.5 Å². The summed E-state index contributed by atoms with van der Waals surface area (Å²) in [6.07, 6.45) is 5.00. The SMILES string of the molecule is CCNC(=NCCOCC1CC1)NC1CCN(c2cccs2)CC1. The van der Waals surface area contributed by atoms with Gasteiger partial charge in [0.25, 0.3) is 0 Å². The Morgan fingerprint density at radius 3 is 2.83 bits per heavy atom. The zero-order valence-electron chi connectivity index (χ0n) is 14.7. The van der Waals surface area contributed by atoms with Crippen LogP contribution >= 0.6 is 11.3 Å². The van der Waals surface area contributed by atoms with Gasteiger partial charge in [-0.15, -0.1) is 11.3 Å². The molecule has 0 amide bonds. The van der Waals surface area contributed by atoms with E-state index in [1.54, 1.807) is 0 Å². The summed E-state index contributed by atoms with van der Waals surface area (Å²) in [6, 6.07) is 4.85. The molecule has 1 saturated heterocycles. The van der Waals surface area contributed by atoms with Crippen LogP contribution in [0.1, 0.15) is 32.6 Å². The molecule has 2 N–H and O–H groups in total. The topological polar surface area (TPSA) is 48.9 Å². The maximum Gasteiger partial charge on any atom is 0.191 e. The van der Waals surface area contributed by atoms with Gasteiger partial charge in [0.05, 0.1) is 18.2 Å². The molecule has 1 aliphatic heterocycles. The second kappa shape index (κ2) is 9.28. The Bertz CT molecular complexity index is 493. The van der Waals surface area contributed by atoms with Gasteiger partial charge in [-0.1, -0.05) is 0 Å². The molecule has 2 aliphatic rings. The van der Waals surface area contributed by atoms with Crippen LogP contribution in [0.15, 0.2) is 22.5 Å². The number of guanidine groups is 1. The highest BCUT2D eigenvalue weighted by Crippen LogP contribution is 2.28. The Labute approximate surface area is 149 Å². The summed E-state index contributed by atoms with van der Waals surface area (Å²) in [7, 11) is 0. The molecule has 0 atom stereocenters. The number of rotatable bonds is 8. The highest BCUT2D eigenvalue weighted by atomic mass is 32.1. The number of hydrogen-bond donors (Lipinski definition) is 2. The Kier molecular flexibility index (Phi) is 6.78. The van der Waals surface area contributed by atoms with E-state index in [4.69, 9.17) is 4.74 Å². The Balaban J connectivity index is 1.38. The molecule has 5 nitrogen and oxygen atoms in total. The molecule has 0 unspecified atom stereocenters. The number of piperidine rings is 1. The first-order valence-corrected chi connectivity index (χ1v) is 10.1. The van der Waals surface area contributed by atoms with Gasteiger partial charge in [-0.3, -0.25) is 4.99 Å². The molecule has 1 aliphatic carbocycles. The predicted octanol–water partition coefficient (Wildman–Crippen LogP) is 2.70. The van der Waals surface area contributed by atoms with Gasteiger partial charge in [-0.2, -0.15) is 0 Å². The van der Waals surface area contributed by atoms with E-state index in [0.717, 1.165) is 64.1 Å². The average molecular weight is 351 g/mol. The molecule has 1 aromatic rings. The average Bonchev–Trinajstić information content (AvgIpc) is 3.26. The van der Waals surface area contributed by atoms with Gasteiger partial charge in [0.1, 0.15) is 0 Å². The second-order valence-electron chi connectivity index (χ2n) is 6.64. The van der Waals surface area contributed by atoms with Crippen molar-refractivity contribution in [3.8, 4) is 0 Å². The van der Waals surface area contributed by atoms with Gasteiger partial charge in [0.15, 0.2) is 5.96 Å². The highest BCUT2D eigenvalue weighted by Gasteiger charge is 2.21. The lowest BCUT2D eigenvalue weighted by atomic mass is 10.1. The normalized spacial score (nSPS) is 19.5. The van der Waals surface area contributed by atoms with E-state index in [0.29, 0.717) is 6.04 Å². The predicted molar refractivity (Wildman–Crippen MR) is 102 cm³/mol. The number of nitrogens with one attached hydrogen (secondary N) is 2. The Morgan fingerprint density at radius 1 is 1.33 bits per heavy atom. The minimum Gasteiger partial charge on any atom is -0.379 e. The van der Waals surface area contributed by atoms with Crippen molar-refractivity contribution in [1.29, 1.82) is 0 Å². The molecule has 0 spiro atoms. The molecule has 0 radical (unpaired) electrons. The van der Waals surface area contributed by atoms with Crippen molar-refractivity contribution in [3.63, 3.8) is 0 Å². The number of aliphatic imine (C=N–C) groups is 1. The number of nitrogens with zero attached hydrogens (tertiary/aromatic N) is 2. The summed E-state index contributed by atoms with van der Waals surface area (Å²) < 4.78 is 5.66. The van der Waals surface area contributed by atoms with Crippen LogP contribution in [-0.2, 0) is 4.74 Å². The summed E-state index contributed by atoms with van der Waals surface area (Å²) in [5.74, 6) is 1.76. The van der Waals surface area contributed by atoms with E-state index >= 15 is 0 Å². The molecule has 2 heterocycles. The summed E-state index contributed by atoms with van der Waals surface area (Å²) in [5, 5.41) is 10.5. The molecule has 1 saturated carbocycles. The molecule has 24 heavy (non-hydrogen) atoms. The van der Waals surface area contributed by atoms with Gasteiger partial charge < -0.3 is 20.3 Å². The zero-order chi connectivity index (χ0) is 16.6. The van der Waals surface area contributed by atoms with Crippen molar-refractivity contribution in [2.75, 3.05) is 44.3 Å². The van der Waals surface area contributed by atoms with Crippen molar-refractivity contribution in [2.24, 2.45) is 10.9 Å². The monoisotopic (exact) mass is 350 g/mol. The van der Waals surface area contributed by atoms with Crippen LogP contribution in [0, 0.1) is 5.92 Å². The highest BCUT2D eigenvalue weighted by molar-refractivity contribution is 7.14. The van der Waals surface area contributed by atoms with Gasteiger partial charge in [0.2, 0.25) is 0 Å². The first kappa shape index (κ1) is 17.5. The van der Waals surface area contributed by atoms with Crippen LogP contribution in [0.5, 0.6) is 0 Å². The Hall–Kier alpha value is -1.27. The van der Waals surface area contributed by atoms with Gasteiger partial charge >= 0.3 is 0 Å². The number of thiophene rings is 1. The number of ether oxygens (including phenoxy) is 1. The van der Waals surface area contributed by atoms with Crippen LogP contribution in [0.4, 0.5) is 5.00 Å². The van der Waals surface area contributed by atoms with E-state index in [1.807, 2.05) is 11.3 Å². The Morgan fingerprint density at radius 2 is 2.17 bits per heavy atom. The van der Waals surface area contributed by atoms with Crippen LogP contribution in [0.2, 0.25) is 0 Å². The van der Waals surface area contributed by atoms with Crippen molar-refractivity contribution in [1.82, 2.24) is 10.6 Å². The fraction of sp³-hybridized carbons (Fsp3) is 0.722. The summed E-state index contributed by atoms with van der Waals surface area (Å²) in [6.45, 7) is 7.60. The quantitative estimate of drug-likeness (QED) is 0.430. The second-order valence-corrected chi connectivity index (χ2v) is 7.56. The van der Waals surface area contributed by atoms with Crippen molar-refractivity contribution >= 4 is 22.3 Å². The maximum absolute atomic E-state index is 5.66. The van der Waals surface area contributed by atoms with Crippen molar-refractivity contribution < 1.29 is 4.74 Å². The van der Waals surface area contributed by atoms with Crippen molar-refractivity contribution in [2.45, 2.75) is 38.6 Å². The lowest BCUT2D eigenvalue weighted by molar-refractivity contribution is 0.131. The third-order valence-corrected chi connectivity index (χ3v) is 5.48. The smallest absolute Gasteiger partial charge is 0.191 e. The molecule has 134 valence electrons. The third kappa shape index (κ3) is 5.67. The number of hydrogen-bond acceptors (Lipinski definition) is 4. The minimum atomic E-state index is 0.506. The standard InChI is InChI=1S/C18H30N4OS/c1-2-19-18(20-9-12-23-14-15-5-6-15)21-16-7-10-22(11-8-16)17-4-3-13-24-17/h3-4,13,15-16H,2,5-12,14H2,1H3,(H2,19,20,21).